The van der Waals surface area contributed by atoms with Gasteiger partial charge in [-0.1, -0.05) is 42.5 Å². The molecule has 0 aromatic heterocycles. The van der Waals surface area contributed by atoms with Gasteiger partial charge >= 0.3 is 0 Å². The van der Waals surface area contributed by atoms with E-state index in [1.807, 2.05) is 50.2 Å². The third kappa shape index (κ3) is 3.82. The quantitative estimate of drug-likeness (QED) is 0.801. The van der Waals surface area contributed by atoms with Crippen LogP contribution in [0.15, 0.2) is 48.5 Å². The average Bonchev–Trinajstić information content (AvgIpc) is 2.42. The Balaban J connectivity index is 2.02. The van der Waals surface area contributed by atoms with E-state index in [0.29, 0.717) is 0 Å². The van der Waals surface area contributed by atoms with Crippen molar-refractivity contribution in [3.8, 4) is 0 Å². The second kappa shape index (κ2) is 6.88. The van der Waals surface area contributed by atoms with E-state index in [1.54, 1.807) is 0 Å². The molecule has 0 heterocycles. The van der Waals surface area contributed by atoms with Crippen molar-refractivity contribution in [3.63, 3.8) is 0 Å². The third-order valence-corrected chi connectivity index (χ3v) is 4.63. The lowest BCUT2D eigenvalue weighted by atomic mass is 10.1. The summed E-state index contributed by atoms with van der Waals surface area (Å²) in [6, 6.07) is 16.1. The number of amides is 1. The number of rotatable bonds is 4. The molecule has 2 rings (SSSR count). The lowest BCUT2D eigenvalue weighted by molar-refractivity contribution is 0.0939. The van der Waals surface area contributed by atoms with Crippen LogP contribution in [0.25, 0.3) is 0 Å². The largest absolute Gasteiger partial charge is 0.349 e. The average molecular weight is 379 g/mol. The van der Waals surface area contributed by atoms with Crippen LogP contribution in [0.5, 0.6) is 0 Å². The van der Waals surface area contributed by atoms with Crippen LogP contribution >= 0.6 is 22.6 Å². The molecule has 0 aliphatic heterocycles. The second-order valence-corrected chi connectivity index (χ2v) is 6.08. The van der Waals surface area contributed by atoms with Crippen molar-refractivity contribution in [1.82, 2.24) is 5.32 Å². The summed E-state index contributed by atoms with van der Waals surface area (Å²) < 4.78 is 1.02. The number of aryl methyl sites for hydroxylation is 1. The van der Waals surface area contributed by atoms with Crippen LogP contribution in [-0.2, 0) is 6.42 Å². The molecule has 0 radical (unpaired) electrons. The first-order valence-electron chi connectivity index (χ1n) is 6.68. The minimum Gasteiger partial charge on any atom is -0.349 e. The lowest BCUT2D eigenvalue weighted by Gasteiger charge is -2.15. The maximum atomic E-state index is 12.3. The molecule has 0 saturated carbocycles. The van der Waals surface area contributed by atoms with Crippen LogP contribution in [0.1, 0.15) is 28.4 Å². The van der Waals surface area contributed by atoms with Gasteiger partial charge < -0.3 is 5.32 Å². The summed E-state index contributed by atoms with van der Waals surface area (Å²) in [5.74, 6) is 0.00142. The minimum absolute atomic E-state index is 0.00142. The van der Waals surface area contributed by atoms with Gasteiger partial charge in [0.2, 0.25) is 0 Å². The summed E-state index contributed by atoms with van der Waals surface area (Å²) in [7, 11) is 0. The fourth-order valence-electron chi connectivity index (χ4n) is 2.14. The van der Waals surface area contributed by atoms with Crippen LogP contribution in [0.4, 0.5) is 0 Å². The van der Waals surface area contributed by atoms with Gasteiger partial charge in [0, 0.05) is 9.61 Å². The van der Waals surface area contributed by atoms with Crippen molar-refractivity contribution < 1.29 is 4.79 Å². The lowest BCUT2D eigenvalue weighted by Crippen LogP contribution is -2.34. The standard InChI is InChI=1S/C17H18INO/c1-12-7-6-10-15(16(12)18)17(20)19-13(2)11-14-8-4-3-5-9-14/h3-10,13H,11H2,1-2H3,(H,19,20). The number of carbonyl (C=O) groups is 1. The van der Waals surface area contributed by atoms with Crippen molar-refractivity contribution in [2.45, 2.75) is 26.3 Å². The highest BCUT2D eigenvalue weighted by Crippen LogP contribution is 2.16. The normalized spacial score (nSPS) is 11.9. The highest BCUT2D eigenvalue weighted by atomic mass is 127. The molecule has 0 bridgehead atoms. The third-order valence-electron chi connectivity index (χ3n) is 3.20. The van der Waals surface area contributed by atoms with E-state index < -0.39 is 0 Å². The van der Waals surface area contributed by atoms with Crippen LogP contribution < -0.4 is 5.32 Å². The van der Waals surface area contributed by atoms with Gasteiger partial charge in [0.15, 0.2) is 0 Å². The summed E-state index contributed by atoms with van der Waals surface area (Å²) >= 11 is 2.23. The Hall–Kier alpha value is -1.36. The van der Waals surface area contributed by atoms with E-state index >= 15 is 0 Å². The van der Waals surface area contributed by atoms with Crippen molar-refractivity contribution in [3.05, 3.63) is 68.8 Å². The Kier molecular flexibility index (Phi) is 5.17. The van der Waals surface area contributed by atoms with Crippen LogP contribution in [0.2, 0.25) is 0 Å². The smallest absolute Gasteiger partial charge is 0.252 e. The van der Waals surface area contributed by atoms with E-state index in [4.69, 9.17) is 0 Å². The Morgan fingerprint density at radius 2 is 1.85 bits per heavy atom. The molecule has 0 saturated heterocycles. The van der Waals surface area contributed by atoms with Gasteiger partial charge in [0.1, 0.15) is 0 Å². The van der Waals surface area contributed by atoms with Crippen LogP contribution in [0.3, 0.4) is 0 Å². The summed E-state index contributed by atoms with van der Waals surface area (Å²) in [6.07, 6.45) is 0.842. The van der Waals surface area contributed by atoms with Crippen molar-refractivity contribution in [2.24, 2.45) is 0 Å². The number of benzene rings is 2. The SMILES string of the molecule is Cc1cccc(C(=O)NC(C)Cc2ccccc2)c1I. The molecule has 0 fully saturated rings. The fourth-order valence-corrected chi connectivity index (χ4v) is 2.75. The van der Waals surface area contributed by atoms with E-state index in [2.05, 4.69) is 40.0 Å². The topological polar surface area (TPSA) is 29.1 Å². The molecule has 104 valence electrons. The van der Waals surface area contributed by atoms with Gasteiger partial charge in [-0.15, -0.1) is 0 Å². The Morgan fingerprint density at radius 3 is 2.55 bits per heavy atom. The maximum Gasteiger partial charge on any atom is 0.252 e. The monoisotopic (exact) mass is 379 g/mol. The van der Waals surface area contributed by atoms with E-state index in [1.165, 1.54) is 5.56 Å². The zero-order valence-corrected chi connectivity index (χ0v) is 13.8. The van der Waals surface area contributed by atoms with Crippen molar-refractivity contribution >= 4 is 28.5 Å². The molecule has 1 amide bonds. The first kappa shape index (κ1) is 15.0. The van der Waals surface area contributed by atoms with Gasteiger partial charge in [-0.3, -0.25) is 4.79 Å². The van der Waals surface area contributed by atoms with Gasteiger partial charge in [0.25, 0.3) is 5.91 Å². The predicted octanol–water partition coefficient (Wildman–Crippen LogP) is 3.96. The number of hydrogen-bond acceptors (Lipinski definition) is 1. The molecule has 1 atom stereocenters. The molecular formula is C17H18INO. The van der Waals surface area contributed by atoms with E-state index in [-0.39, 0.29) is 11.9 Å². The van der Waals surface area contributed by atoms with Gasteiger partial charge in [-0.05, 0) is 60.1 Å². The molecular weight excluding hydrogens is 361 g/mol. The highest BCUT2D eigenvalue weighted by Gasteiger charge is 2.13. The van der Waals surface area contributed by atoms with Gasteiger partial charge in [-0.2, -0.15) is 0 Å². The molecule has 0 spiro atoms. The molecule has 1 N–H and O–H groups in total. The molecule has 20 heavy (non-hydrogen) atoms. The molecule has 2 aromatic carbocycles. The maximum absolute atomic E-state index is 12.3. The molecule has 2 aromatic rings. The van der Waals surface area contributed by atoms with Gasteiger partial charge in [-0.25, -0.2) is 0 Å². The molecule has 1 unspecified atom stereocenters. The Morgan fingerprint density at radius 1 is 1.15 bits per heavy atom. The Bertz CT molecular complexity index is 595. The fraction of sp³-hybridized carbons (Fsp3) is 0.235. The first-order valence-corrected chi connectivity index (χ1v) is 7.75. The summed E-state index contributed by atoms with van der Waals surface area (Å²) in [5.41, 5.74) is 3.12. The zero-order chi connectivity index (χ0) is 14.5. The summed E-state index contributed by atoms with van der Waals surface area (Å²) in [5, 5.41) is 3.07. The Labute approximate surface area is 133 Å². The molecule has 2 nitrogen and oxygen atoms in total. The van der Waals surface area contributed by atoms with Crippen LogP contribution in [0, 0.1) is 10.5 Å². The zero-order valence-electron chi connectivity index (χ0n) is 11.7. The summed E-state index contributed by atoms with van der Waals surface area (Å²) in [6.45, 7) is 4.06. The first-order chi connectivity index (χ1) is 9.58. The van der Waals surface area contributed by atoms with Crippen molar-refractivity contribution in [1.29, 1.82) is 0 Å². The predicted molar refractivity (Wildman–Crippen MR) is 91.0 cm³/mol. The number of halogens is 1. The number of hydrogen-bond donors (Lipinski definition) is 1. The van der Waals surface area contributed by atoms with Gasteiger partial charge in [0.05, 0.1) is 5.56 Å². The summed E-state index contributed by atoms with van der Waals surface area (Å²) in [4.78, 5) is 12.3. The molecule has 0 aliphatic carbocycles. The van der Waals surface area contributed by atoms with Crippen LogP contribution in [-0.4, -0.2) is 11.9 Å². The van der Waals surface area contributed by atoms with E-state index in [0.717, 1.165) is 21.1 Å². The highest BCUT2D eigenvalue weighted by molar-refractivity contribution is 14.1. The molecule has 3 heteroatoms. The van der Waals surface area contributed by atoms with E-state index in [9.17, 15) is 4.79 Å². The second-order valence-electron chi connectivity index (χ2n) is 5.00. The number of nitrogens with one attached hydrogen (secondary N) is 1. The van der Waals surface area contributed by atoms with Crippen molar-refractivity contribution in [2.75, 3.05) is 0 Å². The molecule has 0 aliphatic rings. The minimum atomic E-state index is 0.00142. The number of carbonyl (C=O) groups excluding carboxylic acids is 1.